The molecule has 0 N–H and O–H groups in total. The van der Waals surface area contributed by atoms with Gasteiger partial charge in [-0.2, -0.15) is 13.2 Å². The summed E-state index contributed by atoms with van der Waals surface area (Å²) in [5.41, 5.74) is 1.85. The SMILES string of the molecule is Cc1cccn2cc(COC(=O)/C=C/c3cccc(C(F)(F)F)c3)nc12. The Balaban J connectivity index is 1.63. The summed E-state index contributed by atoms with van der Waals surface area (Å²) in [4.78, 5) is 16.2. The van der Waals surface area contributed by atoms with Crippen molar-refractivity contribution in [2.24, 2.45) is 0 Å². The van der Waals surface area contributed by atoms with Crippen LogP contribution in [0.2, 0.25) is 0 Å². The molecule has 0 amide bonds. The normalized spacial score (nSPS) is 12.0. The number of carbonyl (C=O) groups excluding carboxylic acids is 1. The molecule has 7 heteroatoms. The molecule has 0 atom stereocenters. The maximum atomic E-state index is 12.7. The molecule has 2 heterocycles. The quantitative estimate of drug-likeness (QED) is 0.511. The van der Waals surface area contributed by atoms with Crippen molar-refractivity contribution in [3.63, 3.8) is 0 Å². The van der Waals surface area contributed by atoms with E-state index in [1.165, 1.54) is 18.2 Å². The van der Waals surface area contributed by atoms with Crippen molar-refractivity contribution in [3.05, 3.63) is 77.3 Å². The minimum Gasteiger partial charge on any atom is -0.456 e. The zero-order chi connectivity index (χ0) is 18.7. The van der Waals surface area contributed by atoms with Crippen molar-refractivity contribution in [1.82, 2.24) is 9.38 Å². The number of pyridine rings is 1. The molecule has 3 rings (SSSR count). The average molecular weight is 360 g/mol. The third kappa shape index (κ3) is 4.11. The molecule has 0 aliphatic rings. The summed E-state index contributed by atoms with van der Waals surface area (Å²) in [6, 6.07) is 8.51. The summed E-state index contributed by atoms with van der Waals surface area (Å²) >= 11 is 0. The number of imidazole rings is 1. The number of carbonyl (C=O) groups is 1. The number of ether oxygens (including phenoxy) is 1. The van der Waals surface area contributed by atoms with Crippen molar-refractivity contribution in [3.8, 4) is 0 Å². The molecule has 0 saturated heterocycles. The van der Waals surface area contributed by atoms with Gasteiger partial charge in [-0.25, -0.2) is 9.78 Å². The van der Waals surface area contributed by atoms with E-state index in [9.17, 15) is 18.0 Å². The van der Waals surface area contributed by atoms with Crippen molar-refractivity contribution in [2.75, 3.05) is 0 Å². The van der Waals surface area contributed by atoms with E-state index in [0.717, 1.165) is 29.4 Å². The van der Waals surface area contributed by atoms with Crippen molar-refractivity contribution >= 4 is 17.7 Å². The van der Waals surface area contributed by atoms with Crippen LogP contribution in [0.1, 0.15) is 22.4 Å². The molecule has 0 saturated carbocycles. The van der Waals surface area contributed by atoms with E-state index in [2.05, 4.69) is 4.98 Å². The first kappa shape index (κ1) is 17.7. The molecule has 2 aromatic heterocycles. The first-order chi connectivity index (χ1) is 12.3. The summed E-state index contributed by atoms with van der Waals surface area (Å²) in [5, 5.41) is 0. The van der Waals surface area contributed by atoms with E-state index in [1.807, 2.05) is 29.7 Å². The third-order valence-corrected chi connectivity index (χ3v) is 3.72. The van der Waals surface area contributed by atoms with Crippen LogP contribution in [0.4, 0.5) is 13.2 Å². The summed E-state index contributed by atoms with van der Waals surface area (Å²) in [5.74, 6) is -0.656. The molecule has 0 spiro atoms. The average Bonchev–Trinajstić information content (AvgIpc) is 3.02. The molecule has 0 bridgehead atoms. The van der Waals surface area contributed by atoms with E-state index in [1.54, 1.807) is 6.20 Å². The summed E-state index contributed by atoms with van der Waals surface area (Å²) in [7, 11) is 0. The Labute approximate surface area is 147 Å². The first-order valence-corrected chi connectivity index (χ1v) is 7.78. The molecule has 0 radical (unpaired) electrons. The number of benzene rings is 1. The topological polar surface area (TPSA) is 43.6 Å². The second-order valence-corrected chi connectivity index (χ2v) is 5.72. The minimum atomic E-state index is -4.42. The van der Waals surface area contributed by atoms with E-state index >= 15 is 0 Å². The summed E-state index contributed by atoms with van der Waals surface area (Å²) < 4.78 is 44.9. The number of hydrogen-bond donors (Lipinski definition) is 0. The lowest BCUT2D eigenvalue weighted by Gasteiger charge is -2.06. The monoisotopic (exact) mass is 360 g/mol. The van der Waals surface area contributed by atoms with Gasteiger partial charge in [-0.15, -0.1) is 0 Å². The van der Waals surface area contributed by atoms with E-state index < -0.39 is 17.7 Å². The maximum Gasteiger partial charge on any atom is 0.416 e. The van der Waals surface area contributed by atoms with Crippen LogP contribution < -0.4 is 0 Å². The molecule has 26 heavy (non-hydrogen) atoms. The molecular weight excluding hydrogens is 345 g/mol. The van der Waals surface area contributed by atoms with Crippen molar-refractivity contribution < 1.29 is 22.7 Å². The lowest BCUT2D eigenvalue weighted by molar-refractivity contribution is -0.139. The first-order valence-electron chi connectivity index (χ1n) is 7.78. The van der Waals surface area contributed by atoms with Crippen LogP contribution in [0.3, 0.4) is 0 Å². The number of halogens is 3. The molecule has 0 fully saturated rings. The molecule has 0 unspecified atom stereocenters. The van der Waals surface area contributed by atoms with E-state index in [4.69, 9.17) is 4.74 Å². The molecule has 3 aromatic rings. The van der Waals surface area contributed by atoms with Gasteiger partial charge >= 0.3 is 12.1 Å². The number of esters is 1. The second-order valence-electron chi connectivity index (χ2n) is 5.72. The number of aromatic nitrogens is 2. The highest BCUT2D eigenvalue weighted by molar-refractivity contribution is 5.87. The van der Waals surface area contributed by atoms with Crippen LogP contribution in [0.25, 0.3) is 11.7 Å². The Morgan fingerprint density at radius 2 is 2.08 bits per heavy atom. The lowest BCUT2D eigenvalue weighted by Crippen LogP contribution is -2.04. The smallest absolute Gasteiger partial charge is 0.416 e. The predicted octanol–water partition coefficient (Wildman–Crippen LogP) is 4.42. The lowest BCUT2D eigenvalue weighted by atomic mass is 10.1. The fourth-order valence-electron chi connectivity index (χ4n) is 2.45. The van der Waals surface area contributed by atoms with Gasteiger partial charge in [0, 0.05) is 18.5 Å². The van der Waals surface area contributed by atoms with E-state index in [0.29, 0.717) is 5.69 Å². The van der Waals surface area contributed by atoms with Crippen LogP contribution in [0.5, 0.6) is 0 Å². The van der Waals surface area contributed by atoms with Gasteiger partial charge in [0.05, 0.1) is 11.3 Å². The predicted molar refractivity (Wildman–Crippen MR) is 90.2 cm³/mol. The standard InChI is InChI=1S/C19H15F3N2O2/c1-13-4-3-9-24-11-16(23-18(13)24)12-26-17(25)8-7-14-5-2-6-15(10-14)19(20,21)22/h2-11H,12H2,1H3/b8-7+. The van der Waals surface area contributed by atoms with Crippen LogP contribution in [-0.4, -0.2) is 15.4 Å². The number of rotatable bonds is 4. The van der Waals surface area contributed by atoms with Crippen LogP contribution in [0, 0.1) is 6.92 Å². The number of aryl methyl sites for hydroxylation is 1. The fourth-order valence-corrected chi connectivity index (χ4v) is 2.45. The Morgan fingerprint density at radius 3 is 2.81 bits per heavy atom. The van der Waals surface area contributed by atoms with Crippen LogP contribution in [-0.2, 0) is 22.3 Å². The second kappa shape index (κ2) is 7.03. The largest absolute Gasteiger partial charge is 0.456 e. The van der Waals surface area contributed by atoms with Gasteiger partial charge in [0.25, 0.3) is 0 Å². The Morgan fingerprint density at radius 1 is 1.27 bits per heavy atom. The molecule has 1 aromatic carbocycles. The Bertz CT molecular complexity index is 974. The van der Waals surface area contributed by atoms with E-state index in [-0.39, 0.29) is 12.2 Å². The Kier molecular flexibility index (Phi) is 4.79. The molecule has 0 aliphatic carbocycles. The third-order valence-electron chi connectivity index (χ3n) is 3.72. The molecule has 4 nitrogen and oxygen atoms in total. The Hall–Kier alpha value is -3.09. The van der Waals surface area contributed by atoms with Gasteiger partial charge in [-0.05, 0) is 42.3 Å². The van der Waals surface area contributed by atoms with Crippen molar-refractivity contribution in [2.45, 2.75) is 19.7 Å². The molecule has 0 aliphatic heterocycles. The zero-order valence-electron chi connectivity index (χ0n) is 13.8. The number of nitrogens with zero attached hydrogens (tertiary/aromatic N) is 2. The van der Waals surface area contributed by atoms with Gasteiger partial charge in [0.1, 0.15) is 12.3 Å². The number of hydrogen-bond acceptors (Lipinski definition) is 3. The van der Waals surface area contributed by atoms with Crippen LogP contribution >= 0.6 is 0 Å². The number of fused-ring (bicyclic) bond motifs is 1. The minimum absolute atomic E-state index is 0.0209. The van der Waals surface area contributed by atoms with Crippen molar-refractivity contribution in [1.29, 1.82) is 0 Å². The fraction of sp³-hybridized carbons (Fsp3) is 0.158. The van der Waals surface area contributed by atoms with Crippen LogP contribution in [0.15, 0.2) is 54.9 Å². The van der Waals surface area contributed by atoms with Gasteiger partial charge in [0.2, 0.25) is 0 Å². The molecule has 134 valence electrons. The highest BCUT2D eigenvalue weighted by Crippen LogP contribution is 2.29. The van der Waals surface area contributed by atoms with Gasteiger partial charge in [0.15, 0.2) is 0 Å². The van der Waals surface area contributed by atoms with Gasteiger partial charge in [-0.1, -0.05) is 18.2 Å². The highest BCUT2D eigenvalue weighted by atomic mass is 19.4. The van der Waals surface area contributed by atoms with Gasteiger partial charge < -0.3 is 9.14 Å². The summed E-state index contributed by atoms with van der Waals surface area (Å²) in [6.45, 7) is 1.91. The van der Waals surface area contributed by atoms with Gasteiger partial charge in [-0.3, -0.25) is 0 Å². The molecular formula is C19H15F3N2O2. The number of alkyl halides is 3. The zero-order valence-corrected chi connectivity index (χ0v) is 13.8. The maximum absolute atomic E-state index is 12.7. The summed E-state index contributed by atoms with van der Waals surface area (Å²) in [6.07, 6.45) is 1.55. The highest BCUT2D eigenvalue weighted by Gasteiger charge is 2.30.